The van der Waals surface area contributed by atoms with Crippen LogP contribution in [0.15, 0.2) is 73.3 Å². The minimum Gasteiger partial charge on any atom is -0.454 e. The third-order valence-corrected chi connectivity index (χ3v) is 3.18. The molecule has 4 aromatic rings. The van der Waals surface area contributed by atoms with E-state index in [1.165, 1.54) is 0 Å². The van der Waals surface area contributed by atoms with Gasteiger partial charge in [0.2, 0.25) is 0 Å². The minimum atomic E-state index is 0. The Kier molecular flexibility index (Phi) is 6.67. The molecule has 0 spiro atoms. The Morgan fingerprint density at radius 3 is 2.25 bits per heavy atom. The van der Waals surface area contributed by atoms with Gasteiger partial charge in [-0.25, -0.2) is 6.07 Å². The second-order valence-corrected chi connectivity index (χ2v) is 4.78. The van der Waals surface area contributed by atoms with Crippen LogP contribution in [-0.2, 0) is 27.2 Å². The van der Waals surface area contributed by atoms with Crippen molar-refractivity contribution in [3.8, 4) is 17.1 Å². The van der Waals surface area contributed by atoms with E-state index in [0.29, 0.717) is 0 Å². The maximum absolute atomic E-state index is 4.22. The van der Waals surface area contributed by atoms with Crippen LogP contribution in [0.2, 0.25) is 0 Å². The first-order valence-corrected chi connectivity index (χ1v) is 7.17. The van der Waals surface area contributed by atoms with Gasteiger partial charge in [-0.15, -0.1) is 35.9 Å². The molecular weight excluding hydrogens is 476 g/mol. The van der Waals surface area contributed by atoms with Gasteiger partial charge >= 0.3 is 20.1 Å². The van der Waals surface area contributed by atoms with Gasteiger partial charge in [0.15, 0.2) is 0 Å². The molecule has 0 aliphatic rings. The van der Waals surface area contributed by atoms with Crippen LogP contribution in [0.3, 0.4) is 0 Å². The molecule has 0 unspecified atom stereocenters. The summed E-state index contributed by atoms with van der Waals surface area (Å²) in [6.45, 7) is 0. The number of benzene rings is 2. The van der Waals surface area contributed by atoms with Crippen LogP contribution in [0.25, 0.3) is 17.1 Å². The summed E-state index contributed by atoms with van der Waals surface area (Å²) < 4.78 is 3.77. The molecule has 0 aliphatic heterocycles. The van der Waals surface area contributed by atoms with Gasteiger partial charge < -0.3 is 14.1 Å². The molecular formula is C19H15IrN4. The molecule has 4 nitrogen and oxygen atoms in total. The average Bonchev–Trinajstić information content (AvgIpc) is 3.29. The summed E-state index contributed by atoms with van der Waals surface area (Å²) in [5.41, 5.74) is 2.00. The molecule has 0 atom stereocenters. The van der Waals surface area contributed by atoms with Gasteiger partial charge in [0.25, 0.3) is 0 Å². The minimum absolute atomic E-state index is 0. The third kappa shape index (κ3) is 4.51. The van der Waals surface area contributed by atoms with Crippen molar-refractivity contribution >= 4 is 0 Å². The van der Waals surface area contributed by atoms with E-state index < -0.39 is 0 Å². The Hall–Kier alpha value is -2.49. The van der Waals surface area contributed by atoms with Gasteiger partial charge in [0.1, 0.15) is 0 Å². The first kappa shape index (κ1) is 17.9. The summed E-state index contributed by atoms with van der Waals surface area (Å²) in [5.74, 6) is 0.954. The van der Waals surface area contributed by atoms with Crippen molar-refractivity contribution < 1.29 is 20.1 Å². The standard InChI is InChI=1S/C10H9N2.C9H6N2.Ir/c1-12-8-7-11-10(12)9-5-3-2-4-6-9;1-2-4-9(5-3-1)11-7-6-10-8-11;/h2-5,7-8H,1H3;1-4,6-7H;/q-1;-2;+3. The molecule has 0 saturated carbocycles. The molecule has 2 aromatic carbocycles. The fourth-order valence-corrected chi connectivity index (χ4v) is 2.05. The maximum Gasteiger partial charge on any atom is 3.00 e. The molecule has 0 saturated heterocycles. The first-order chi connectivity index (χ1) is 11.3. The van der Waals surface area contributed by atoms with Crippen molar-refractivity contribution in [1.82, 2.24) is 19.1 Å². The fraction of sp³-hybridized carbons (Fsp3) is 0.0526. The van der Waals surface area contributed by atoms with Crippen molar-refractivity contribution in [3.05, 3.63) is 91.8 Å². The molecule has 5 heteroatoms. The van der Waals surface area contributed by atoms with E-state index in [-0.39, 0.29) is 20.1 Å². The number of para-hydroxylation sites is 1. The summed E-state index contributed by atoms with van der Waals surface area (Å²) in [4.78, 5) is 8.03. The van der Waals surface area contributed by atoms with Crippen LogP contribution < -0.4 is 0 Å². The monoisotopic (exact) mass is 492 g/mol. The fourth-order valence-electron chi connectivity index (χ4n) is 2.05. The van der Waals surface area contributed by atoms with Gasteiger partial charge in [-0.2, -0.15) is 30.0 Å². The van der Waals surface area contributed by atoms with Crippen LogP contribution in [0, 0.1) is 18.5 Å². The average molecular weight is 492 g/mol. The molecule has 0 N–H and O–H groups in total. The molecule has 4 rings (SSSR count). The number of imidazole rings is 2. The molecule has 0 bridgehead atoms. The summed E-state index contributed by atoms with van der Waals surface area (Å²) in [7, 11) is 1.98. The molecule has 120 valence electrons. The van der Waals surface area contributed by atoms with Crippen LogP contribution in [0.1, 0.15) is 0 Å². The quantitative estimate of drug-likeness (QED) is 0.403. The van der Waals surface area contributed by atoms with Crippen molar-refractivity contribution in [2.45, 2.75) is 0 Å². The largest absolute Gasteiger partial charge is 3.00 e. The zero-order valence-corrected chi connectivity index (χ0v) is 15.4. The van der Waals surface area contributed by atoms with Crippen LogP contribution >= 0.6 is 0 Å². The van der Waals surface area contributed by atoms with Gasteiger partial charge in [-0.1, -0.05) is 12.4 Å². The van der Waals surface area contributed by atoms with E-state index in [1.54, 1.807) is 17.0 Å². The van der Waals surface area contributed by atoms with Crippen LogP contribution in [0.5, 0.6) is 0 Å². The van der Waals surface area contributed by atoms with Crippen molar-refractivity contribution in [2.24, 2.45) is 7.05 Å². The van der Waals surface area contributed by atoms with Crippen molar-refractivity contribution in [2.75, 3.05) is 0 Å². The van der Waals surface area contributed by atoms with Gasteiger partial charge in [-0.3, -0.25) is 4.98 Å². The second kappa shape index (κ2) is 8.96. The van der Waals surface area contributed by atoms with Gasteiger partial charge in [-0.05, 0) is 0 Å². The zero-order chi connectivity index (χ0) is 15.9. The summed E-state index contributed by atoms with van der Waals surface area (Å²) in [6.07, 6.45) is 10.0. The molecule has 2 aromatic heterocycles. The number of aromatic nitrogens is 4. The van der Waals surface area contributed by atoms with Crippen LogP contribution in [0.4, 0.5) is 0 Å². The number of hydrogen-bond donors (Lipinski definition) is 0. The Morgan fingerprint density at radius 1 is 0.917 bits per heavy atom. The topological polar surface area (TPSA) is 35.6 Å². The molecule has 0 fully saturated rings. The van der Waals surface area contributed by atoms with E-state index in [2.05, 4.69) is 28.4 Å². The molecule has 2 heterocycles. The second-order valence-electron chi connectivity index (χ2n) is 4.78. The number of hydrogen-bond acceptors (Lipinski definition) is 2. The number of aryl methyl sites for hydroxylation is 1. The zero-order valence-electron chi connectivity index (χ0n) is 13.1. The Balaban J connectivity index is 0.000000167. The van der Waals surface area contributed by atoms with Crippen molar-refractivity contribution in [1.29, 1.82) is 0 Å². The van der Waals surface area contributed by atoms with Gasteiger partial charge in [0, 0.05) is 25.8 Å². The van der Waals surface area contributed by atoms with Gasteiger partial charge in [0.05, 0.1) is 5.82 Å². The molecule has 0 amide bonds. The van der Waals surface area contributed by atoms with Crippen LogP contribution in [-0.4, -0.2) is 19.1 Å². The molecule has 24 heavy (non-hydrogen) atoms. The predicted molar refractivity (Wildman–Crippen MR) is 88.7 cm³/mol. The predicted octanol–water partition coefficient (Wildman–Crippen LogP) is 3.36. The molecule has 0 aliphatic carbocycles. The summed E-state index contributed by atoms with van der Waals surface area (Å²) in [5, 5.41) is 0. The summed E-state index contributed by atoms with van der Waals surface area (Å²) >= 11 is 0. The van der Waals surface area contributed by atoms with E-state index in [0.717, 1.165) is 17.1 Å². The van der Waals surface area contributed by atoms with Crippen molar-refractivity contribution in [3.63, 3.8) is 0 Å². The smallest absolute Gasteiger partial charge is 0.454 e. The first-order valence-electron chi connectivity index (χ1n) is 7.17. The Morgan fingerprint density at radius 2 is 1.71 bits per heavy atom. The number of rotatable bonds is 2. The third-order valence-electron chi connectivity index (χ3n) is 3.18. The van der Waals surface area contributed by atoms with E-state index in [4.69, 9.17) is 0 Å². The number of nitrogens with zero attached hydrogens (tertiary/aromatic N) is 4. The van der Waals surface area contributed by atoms with E-state index in [9.17, 15) is 0 Å². The van der Waals surface area contributed by atoms with E-state index >= 15 is 0 Å². The normalized spacial score (nSPS) is 9.54. The molecule has 0 radical (unpaired) electrons. The Labute approximate surface area is 155 Å². The SMILES string of the molecule is Cn1ccnc1-c1[c-]cccc1.[Ir+3].[c-]1ccccc1-n1[c-]ncc1. The Bertz CT molecular complexity index is 824. The summed E-state index contributed by atoms with van der Waals surface area (Å²) in [6, 6.07) is 21.7. The van der Waals surface area contributed by atoms with E-state index in [1.807, 2.05) is 72.5 Å². The maximum atomic E-state index is 4.22.